The van der Waals surface area contributed by atoms with Crippen LogP contribution in [0.2, 0.25) is 0 Å². The fraction of sp³-hybridized carbons (Fsp3) is 0.625. The quantitative estimate of drug-likeness (QED) is 0.519. The highest BCUT2D eigenvalue weighted by atomic mass is 32.2. The molecule has 1 unspecified atom stereocenters. The molecule has 2 aromatic heterocycles. The van der Waals surface area contributed by atoms with Crippen LogP contribution in [0.25, 0.3) is 10.2 Å². The zero-order valence-corrected chi connectivity index (χ0v) is 16.4. The Morgan fingerprint density at radius 1 is 1.18 bits per heavy atom. The summed E-state index contributed by atoms with van der Waals surface area (Å²) in [6, 6.07) is 0. The van der Waals surface area contributed by atoms with Crippen molar-refractivity contribution in [3.8, 4) is 0 Å². The van der Waals surface area contributed by atoms with Gasteiger partial charge in [0.1, 0.15) is 16.4 Å². The summed E-state index contributed by atoms with van der Waals surface area (Å²) in [5, 5.41) is 3.47. The molecule has 0 spiro atoms. The largest absolute Gasteiger partial charge is 0.328 e. The first-order chi connectivity index (χ1) is 10.5. The van der Waals surface area contributed by atoms with E-state index in [2.05, 4.69) is 34.7 Å². The molecule has 3 heterocycles. The van der Waals surface area contributed by atoms with Crippen molar-refractivity contribution in [2.24, 2.45) is 0 Å². The van der Waals surface area contributed by atoms with E-state index in [0.29, 0.717) is 0 Å². The number of hydrogen-bond donors (Lipinski definition) is 1. The summed E-state index contributed by atoms with van der Waals surface area (Å²) in [5.41, 5.74) is 1.80. The lowest BCUT2D eigenvalue weighted by atomic mass is 9.89. The van der Waals surface area contributed by atoms with Gasteiger partial charge in [0.05, 0.1) is 17.5 Å². The first kappa shape index (κ1) is 16.6. The average Bonchev–Trinajstić information content (AvgIpc) is 2.77. The summed E-state index contributed by atoms with van der Waals surface area (Å²) in [6.07, 6.45) is 1.12. The van der Waals surface area contributed by atoms with E-state index in [4.69, 9.17) is 9.97 Å². The van der Waals surface area contributed by atoms with Crippen molar-refractivity contribution in [1.82, 2.24) is 9.97 Å². The summed E-state index contributed by atoms with van der Waals surface area (Å²) in [4.78, 5) is 14.0. The number of quaternary nitrogens is 1. The van der Waals surface area contributed by atoms with Gasteiger partial charge in [0.25, 0.3) is 0 Å². The van der Waals surface area contributed by atoms with Crippen LogP contribution < -0.4 is 4.90 Å². The summed E-state index contributed by atoms with van der Waals surface area (Å²) in [6.45, 7) is 10.2. The predicted octanol–water partition coefficient (Wildman–Crippen LogP) is 3.26. The van der Waals surface area contributed by atoms with E-state index in [1.54, 1.807) is 16.7 Å². The van der Waals surface area contributed by atoms with Crippen molar-refractivity contribution >= 4 is 45.1 Å². The van der Waals surface area contributed by atoms with Crippen LogP contribution in [0.15, 0.2) is 10.2 Å². The molecule has 0 aliphatic carbocycles. The van der Waals surface area contributed by atoms with Crippen LogP contribution in [-0.2, 0) is 13.0 Å². The molecule has 0 amide bonds. The third-order valence-electron chi connectivity index (χ3n) is 4.43. The van der Waals surface area contributed by atoms with Crippen LogP contribution in [0.3, 0.4) is 0 Å². The molecule has 3 nitrogen and oxygen atoms in total. The van der Waals surface area contributed by atoms with Gasteiger partial charge in [-0.25, -0.2) is 9.97 Å². The lowest BCUT2D eigenvalue weighted by Crippen LogP contribution is -3.16. The molecule has 1 atom stereocenters. The molecule has 6 heteroatoms. The fourth-order valence-electron chi connectivity index (χ4n) is 2.89. The highest BCUT2D eigenvalue weighted by Crippen LogP contribution is 2.39. The second-order valence-electron chi connectivity index (χ2n) is 6.38. The van der Waals surface area contributed by atoms with E-state index in [-0.39, 0.29) is 5.54 Å². The number of hydrogen-bond acceptors (Lipinski definition) is 5. The van der Waals surface area contributed by atoms with Crippen LogP contribution in [0.5, 0.6) is 0 Å². The predicted molar refractivity (Wildman–Crippen MR) is 98.6 cm³/mol. The van der Waals surface area contributed by atoms with Crippen molar-refractivity contribution in [3.05, 3.63) is 10.4 Å². The zero-order valence-electron chi connectivity index (χ0n) is 13.9. The summed E-state index contributed by atoms with van der Waals surface area (Å²) >= 11 is 5.49. The maximum atomic E-state index is 4.84. The molecular weight excluding hydrogens is 330 g/mol. The molecule has 0 saturated carbocycles. The number of thiophene rings is 1. The van der Waals surface area contributed by atoms with E-state index in [1.165, 1.54) is 25.7 Å². The van der Waals surface area contributed by atoms with Gasteiger partial charge in [-0.05, 0) is 30.9 Å². The van der Waals surface area contributed by atoms with E-state index >= 15 is 0 Å². The third-order valence-corrected chi connectivity index (χ3v) is 7.15. The molecule has 1 N–H and O–H groups in total. The standard InChI is InChI=1S/C16H23N3S3/c1-6-20-13-12-10-8-16(3,4)19(5)9-11(10)22-14(12)18-15(17-13)21-7-2/h6-9H2,1-5H3/p+1. The van der Waals surface area contributed by atoms with Gasteiger partial charge in [0.2, 0.25) is 0 Å². The van der Waals surface area contributed by atoms with Gasteiger partial charge in [-0.3, -0.25) is 0 Å². The molecule has 2 aromatic rings. The Morgan fingerprint density at radius 2 is 1.91 bits per heavy atom. The average molecular weight is 355 g/mol. The summed E-state index contributed by atoms with van der Waals surface area (Å²) in [5.74, 6) is 2.08. The number of aromatic nitrogens is 2. The Hall–Kier alpha value is -0.300. The number of rotatable bonds is 4. The SMILES string of the molecule is CCSc1nc(SCC)c2c3c(sc2n1)C[NH+](C)C(C)(C)C3. The molecule has 0 radical (unpaired) electrons. The normalized spacial score (nSPS) is 20.3. The molecule has 3 rings (SSSR count). The Bertz CT molecular complexity index is 693. The van der Waals surface area contributed by atoms with Gasteiger partial charge < -0.3 is 4.90 Å². The van der Waals surface area contributed by atoms with Gasteiger partial charge in [-0.2, -0.15) is 0 Å². The highest BCUT2D eigenvalue weighted by molar-refractivity contribution is 7.99. The van der Waals surface area contributed by atoms with Gasteiger partial charge in [-0.15, -0.1) is 23.1 Å². The van der Waals surface area contributed by atoms with Crippen molar-refractivity contribution < 1.29 is 4.90 Å². The van der Waals surface area contributed by atoms with Crippen molar-refractivity contribution in [2.75, 3.05) is 18.6 Å². The maximum Gasteiger partial charge on any atom is 0.189 e. The lowest BCUT2D eigenvalue weighted by molar-refractivity contribution is -0.945. The highest BCUT2D eigenvalue weighted by Gasteiger charge is 2.37. The number of nitrogens with zero attached hydrogens (tertiary/aromatic N) is 2. The molecule has 0 bridgehead atoms. The molecule has 0 saturated heterocycles. The third kappa shape index (κ3) is 2.90. The van der Waals surface area contributed by atoms with Crippen LogP contribution in [0.4, 0.5) is 0 Å². The van der Waals surface area contributed by atoms with Crippen LogP contribution >= 0.6 is 34.9 Å². The van der Waals surface area contributed by atoms with Crippen molar-refractivity contribution in [3.63, 3.8) is 0 Å². The van der Waals surface area contributed by atoms with Crippen LogP contribution in [0, 0.1) is 0 Å². The van der Waals surface area contributed by atoms with Crippen LogP contribution in [0.1, 0.15) is 38.1 Å². The minimum atomic E-state index is 0.284. The molecule has 0 fully saturated rings. The van der Waals surface area contributed by atoms with Gasteiger partial charge >= 0.3 is 0 Å². The van der Waals surface area contributed by atoms with Gasteiger partial charge in [0.15, 0.2) is 5.16 Å². The first-order valence-electron chi connectivity index (χ1n) is 7.87. The summed E-state index contributed by atoms with van der Waals surface area (Å²) in [7, 11) is 2.30. The topological polar surface area (TPSA) is 30.2 Å². The van der Waals surface area contributed by atoms with Crippen molar-refractivity contribution in [1.29, 1.82) is 0 Å². The molecule has 22 heavy (non-hydrogen) atoms. The van der Waals surface area contributed by atoms with E-state index in [9.17, 15) is 0 Å². The number of thioether (sulfide) groups is 2. The Labute approximate surface area is 145 Å². The maximum absolute atomic E-state index is 4.84. The minimum absolute atomic E-state index is 0.284. The number of likely N-dealkylation sites (N-methyl/N-ethyl adjacent to an activating group) is 1. The van der Waals surface area contributed by atoms with Gasteiger partial charge in [0, 0.05) is 11.8 Å². The second-order valence-corrected chi connectivity index (χ2v) is 9.95. The molecule has 1 aliphatic rings. The van der Waals surface area contributed by atoms with E-state index in [1.807, 2.05) is 23.1 Å². The number of fused-ring (bicyclic) bond motifs is 3. The second kappa shape index (κ2) is 6.30. The molecule has 1 aliphatic heterocycles. The Balaban J connectivity index is 2.18. The van der Waals surface area contributed by atoms with Crippen LogP contribution in [-0.4, -0.2) is 34.1 Å². The molecule has 0 aromatic carbocycles. The van der Waals surface area contributed by atoms with Gasteiger partial charge in [-0.1, -0.05) is 25.6 Å². The van der Waals surface area contributed by atoms with E-state index < -0.39 is 0 Å². The fourth-order valence-corrected chi connectivity index (χ4v) is 5.70. The van der Waals surface area contributed by atoms with E-state index in [0.717, 1.165) is 29.6 Å². The summed E-state index contributed by atoms with van der Waals surface area (Å²) < 4.78 is 0. The van der Waals surface area contributed by atoms with Crippen molar-refractivity contribution in [2.45, 2.75) is 56.4 Å². The zero-order chi connectivity index (χ0) is 15.9. The Morgan fingerprint density at radius 3 is 2.59 bits per heavy atom. The smallest absolute Gasteiger partial charge is 0.189 e. The Kier molecular flexibility index (Phi) is 4.74. The lowest BCUT2D eigenvalue weighted by Gasteiger charge is -2.36. The molecular formula is C16H24N3S3+. The molecule has 120 valence electrons. The number of nitrogens with one attached hydrogen (secondary N) is 1. The first-order valence-corrected chi connectivity index (χ1v) is 10.7. The minimum Gasteiger partial charge on any atom is -0.328 e. The monoisotopic (exact) mass is 354 g/mol.